The molecule has 2 N–H and O–H groups in total. The summed E-state index contributed by atoms with van der Waals surface area (Å²) in [5.41, 5.74) is 6.88. The Morgan fingerprint density at radius 3 is 2.44 bits per heavy atom. The van der Waals surface area contributed by atoms with Gasteiger partial charge in [-0.25, -0.2) is 14.2 Å². The molecule has 0 aliphatic rings. The van der Waals surface area contributed by atoms with E-state index in [1.807, 2.05) is 30.3 Å². The number of anilines is 1. The molecule has 0 radical (unpaired) electrons. The number of halogens is 3. The SMILES string of the molecule is Fc1ccc(CNNc2ccccc2)c(F)c1Cl. The molecule has 0 atom stereocenters. The summed E-state index contributed by atoms with van der Waals surface area (Å²) in [4.78, 5) is 0. The monoisotopic (exact) mass is 268 g/mol. The Morgan fingerprint density at radius 2 is 1.72 bits per heavy atom. The van der Waals surface area contributed by atoms with Crippen LogP contribution in [0.5, 0.6) is 0 Å². The van der Waals surface area contributed by atoms with Gasteiger partial charge in [0.25, 0.3) is 0 Å². The van der Waals surface area contributed by atoms with Crippen LogP contribution in [0, 0.1) is 11.6 Å². The zero-order valence-corrected chi connectivity index (χ0v) is 10.1. The summed E-state index contributed by atoms with van der Waals surface area (Å²) in [6.07, 6.45) is 0. The molecule has 0 aromatic heterocycles. The third kappa shape index (κ3) is 2.97. The van der Waals surface area contributed by atoms with Gasteiger partial charge in [-0.3, -0.25) is 0 Å². The predicted molar refractivity (Wildman–Crippen MR) is 68.3 cm³/mol. The van der Waals surface area contributed by atoms with Gasteiger partial charge < -0.3 is 5.43 Å². The van der Waals surface area contributed by atoms with Crippen molar-refractivity contribution in [1.82, 2.24) is 5.43 Å². The molecule has 2 aromatic carbocycles. The van der Waals surface area contributed by atoms with Crippen molar-refractivity contribution in [1.29, 1.82) is 0 Å². The Labute approximate surface area is 109 Å². The fraction of sp³-hybridized carbons (Fsp3) is 0.0769. The van der Waals surface area contributed by atoms with Crippen molar-refractivity contribution in [3.05, 3.63) is 64.7 Å². The lowest BCUT2D eigenvalue weighted by atomic mass is 10.2. The number of nitrogens with one attached hydrogen (secondary N) is 2. The van der Waals surface area contributed by atoms with E-state index in [9.17, 15) is 8.78 Å². The molecule has 0 saturated heterocycles. The molecule has 0 amide bonds. The van der Waals surface area contributed by atoms with E-state index in [1.54, 1.807) is 0 Å². The van der Waals surface area contributed by atoms with Crippen molar-refractivity contribution in [2.45, 2.75) is 6.54 Å². The van der Waals surface area contributed by atoms with E-state index in [0.29, 0.717) is 5.56 Å². The number of benzene rings is 2. The maximum absolute atomic E-state index is 13.5. The van der Waals surface area contributed by atoms with Crippen LogP contribution in [-0.2, 0) is 6.54 Å². The van der Waals surface area contributed by atoms with E-state index >= 15 is 0 Å². The normalized spacial score (nSPS) is 10.4. The van der Waals surface area contributed by atoms with Crippen LogP contribution in [0.1, 0.15) is 5.56 Å². The van der Waals surface area contributed by atoms with Crippen LogP contribution in [0.2, 0.25) is 5.02 Å². The maximum atomic E-state index is 13.5. The van der Waals surface area contributed by atoms with Crippen LogP contribution in [0.25, 0.3) is 0 Å². The quantitative estimate of drug-likeness (QED) is 0.652. The highest BCUT2D eigenvalue weighted by Crippen LogP contribution is 2.21. The summed E-state index contributed by atoms with van der Waals surface area (Å²) in [7, 11) is 0. The van der Waals surface area contributed by atoms with Crippen LogP contribution in [-0.4, -0.2) is 0 Å². The number of hydrazine groups is 1. The van der Waals surface area contributed by atoms with Gasteiger partial charge in [0, 0.05) is 17.8 Å². The zero-order valence-electron chi connectivity index (χ0n) is 9.38. The molecule has 5 heteroatoms. The van der Waals surface area contributed by atoms with Gasteiger partial charge in [-0.15, -0.1) is 0 Å². The van der Waals surface area contributed by atoms with Crippen molar-refractivity contribution in [3.63, 3.8) is 0 Å². The first kappa shape index (κ1) is 12.8. The van der Waals surface area contributed by atoms with E-state index in [0.717, 1.165) is 11.8 Å². The van der Waals surface area contributed by atoms with Crippen LogP contribution >= 0.6 is 11.6 Å². The highest BCUT2D eigenvalue weighted by atomic mass is 35.5. The molecular weight excluding hydrogens is 258 g/mol. The molecule has 0 fully saturated rings. The van der Waals surface area contributed by atoms with Crippen molar-refractivity contribution >= 4 is 17.3 Å². The minimum absolute atomic E-state index is 0.195. The second-order valence-corrected chi connectivity index (χ2v) is 4.06. The Morgan fingerprint density at radius 1 is 1.00 bits per heavy atom. The number of rotatable bonds is 4. The van der Waals surface area contributed by atoms with Gasteiger partial charge in [0.05, 0.1) is 0 Å². The lowest BCUT2D eigenvalue weighted by Crippen LogP contribution is -2.21. The number of para-hydroxylation sites is 1. The van der Waals surface area contributed by atoms with Gasteiger partial charge in [0.1, 0.15) is 16.7 Å². The molecule has 94 valence electrons. The van der Waals surface area contributed by atoms with Crippen LogP contribution in [0.3, 0.4) is 0 Å². The van der Waals surface area contributed by atoms with Crippen molar-refractivity contribution in [2.24, 2.45) is 0 Å². The minimum atomic E-state index is -0.756. The molecule has 0 aliphatic heterocycles. The standard InChI is InChI=1S/C13H11ClF2N2/c14-12-11(15)7-6-9(13(12)16)8-17-18-10-4-2-1-3-5-10/h1-7,17-18H,8H2. The van der Waals surface area contributed by atoms with Gasteiger partial charge in [0.2, 0.25) is 0 Å². The molecule has 0 aliphatic carbocycles. The van der Waals surface area contributed by atoms with Crippen LogP contribution < -0.4 is 10.9 Å². The van der Waals surface area contributed by atoms with Gasteiger partial charge in [-0.1, -0.05) is 35.9 Å². The number of hydrogen-bond donors (Lipinski definition) is 2. The molecule has 2 aromatic rings. The molecule has 18 heavy (non-hydrogen) atoms. The number of hydrogen-bond acceptors (Lipinski definition) is 2. The third-order valence-corrected chi connectivity index (χ3v) is 2.75. The van der Waals surface area contributed by atoms with Gasteiger partial charge in [-0.05, 0) is 18.2 Å². The fourth-order valence-electron chi connectivity index (χ4n) is 1.47. The average molecular weight is 269 g/mol. The highest BCUT2D eigenvalue weighted by Gasteiger charge is 2.10. The zero-order chi connectivity index (χ0) is 13.0. The predicted octanol–water partition coefficient (Wildman–Crippen LogP) is 3.73. The molecular formula is C13H11ClF2N2. The fourth-order valence-corrected chi connectivity index (χ4v) is 1.65. The topological polar surface area (TPSA) is 24.1 Å². The average Bonchev–Trinajstić information content (AvgIpc) is 2.40. The highest BCUT2D eigenvalue weighted by molar-refractivity contribution is 6.30. The summed E-state index contributed by atoms with van der Waals surface area (Å²) in [6, 6.07) is 11.9. The van der Waals surface area contributed by atoms with Gasteiger partial charge >= 0.3 is 0 Å². The van der Waals surface area contributed by atoms with E-state index in [4.69, 9.17) is 11.6 Å². The Kier molecular flexibility index (Phi) is 4.12. The van der Waals surface area contributed by atoms with Crippen molar-refractivity contribution < 1.29 is 8.78 Å². The molecule has 0 spiro atoms. The largest absolute Gasteiger partial charge is 0.321 e. The van der Waals surface area contributed by atoms with E-state index in [-0.39, 0.29) is 6.54 Å². The second kappa shape index (κ2) is 5.80. The summed E-state index contributed by atoms with van der Waals surface area (Å²) >= 11 is 5.48. The molecule has 0 saturated carbocycles. The summed E-state index contributed by atoms with van der Waals surface area (Å²) < 4.78 is 26.5. The summed E-state index contributed by atoms with van der Waals surface area (Å²) in [5.74, 6) is -1.49. The van der Waals surface area contributed by atoms with E-state index in [1.165, 1.54) is 6.07 Å². The van der Waals surface area contributed by atoms with Crippen molar-refractivity contribution in [3.8, 4) is 0 Å². The smallest absolute Gasteiger partial charge is 0.149 e. The lowest BCUT2D eigenvalue weighted by Gasteiger charge is -2.09. The first-order chi connectivity index (χ1) is 8.68. The van der Waals surface area contributed by atoms with Crippen LogP contribution in [0.15, 0.2) is 42.5 Å². The first-order valence-corrected chi connectivity index (χ1v) is 5.72. The van der Waals surface area contributed by atoms with E-state index < -0.39 is 16.7 Å². The molecule has 0 unspecified atom stereocenters. The van der Waals surface area contributed by atoms with Crippen LogP contribution in [0.4, 0.5) is 14.5 Å². The minimum Gasteiger partial charge on any atom is -0.321 e. The lowest BCUT2D eigenvalue weighted by molar-refractivity contribution is 0.567. The summed E-state index contributed by atoms with van der Waals surface area (Å²) in [6.45, 7) is 0.195. The third-order valence-electron chi connectivity index (χ3n) is 2.40. The first-order valence-electron chi connectivity index (χ1n) is 5.35. The Balaban J connectivity index is 1.97. The van der Waals surface area contributed by atoms with Gasteiger partial charge in [0.15, 0.2) is 0 Å². The van der Waals surface area contributed by atoms with Crippen molar-refractivity contribution in [2.75, 3.05) is 5.43 Å². The molecule has 0 bridgehead atoms. The maximum Gasteiger partial charge on any atom is 0.149 e. The molecule has 0 heterocycles. The Hall–Kier alpha value is -1.65. The Bertz CT molecular complexity index is 532. The van der Waals surface area contributed by atoms with E-state index in [2.05, 4.69) is 10.9 Å². The molecule has 2 rings (SSSR count). The second-order valence-electron chi connectivity index (χ2n) is 3.68. The summed E-state index contributed by atoms with van der Waals surface area (Å²) in [5, 5.41) is -0.478. The van der Waals surface area contributed by atoms with Gasteiger partial charge in [-0.2, -0.15) is 0 Å². The molecule has 2 nitrogen and oxygen atoms in total.